The number of rotatable bonds is 4. The van der Waals surface area contributed by atoms with Crippen LogP contribution in [0.25, 0.3) is 22.6 Å². The molecule has 4 aromatic carbocycles. The van der Waals surface area contributed by atoms with Gasteiger partial charge in [0.25, 0.3) is 11.8 Å². The quantitative estimate of drug-likeness (QED) is 0.0481. The number of anilines is 2. The minimum atomic E-state index is -2.77. The number of halogens is 8. The van der Waals surface area contributed by atoms with E-state index in [0.29, 0.717) is 27.0 Å². The van der Waals surface area contributed by atoms with E-state index in [2.05, 4.69) is 20.9 Å². The van der Waals surface area contributed by atoms with Crippen molar-refractivity contribution >= 4 is 85.2 Å². The molecule has 0 radical (unpaired) electrons. The number of hydrogen-bond acceptors (Lipinski definition) is 7. The number of phenolic OH excluding ortho intramolecular Hbond substituents is 1. The number of nitrogens with zero attached hydrogens (tertiary/aromatic N) is 3. The maximum atomic E-state index is 15.3. The van der Waals surface area contributed by atoms with Crippen LogP contribution in [-0.4, -0.2) is 43.5 Å². The molecule has 1 aromatic heterocycles. The summed E-state index contributed by atoms with van der Waals surface area (Å²) in [6.45, 7) is 0. The molecule has 3 fully saturated rings. The first-order valence-electron chi connectivity index (χ1n) is 16.9. The Bertz CT molecular complexity index is 2600. The largest absolute Gasteiger partial charge is 0.508 e. The highest BCUT2D eigenvalue weighted by molar-refractivity contribution is 9.10. The first-order chi connectivity index (χ1) is 26.6. The van der Waals surface area contributed by atoms with E-state index < -0.39 is 104 Å². The maximum Gasteiger partial charge on any atom is 0.258 e. The van der Waals surface area contributed by atoms with E-state index in [9.17, 15) is 37.5 Å². The molecular formula is C39H21BrCl2F5N3O6. The van der Waals surface area contributed by atoms with Gasteiger partial charge in [0.05, 0.1) is 17.5 Å². The summed E-state index contributed by atoms with van der Waals surface area (Å²) in [4.78, 5) is 57.1. The van der Waals surface area contributed by atoms with Gasteiger partial charge in [-0.1, -0.05) is 39.7 Å². The van der Waals surface area contributed by atoms with Crippen molar-refractivity contribution in [3.8, 4) is 17.2 Å². The van der Waals surface area contributed by atoms with Gasteiger partial charge in [-0.05, 0) is 73.4 Å². The molecule has 284 valence electrons. The van der Waals surface area contributed by atoms with Crippen molar-refractivity contribution < 1.29 is 50.7 Å². The van der Waals surface area contributed by atoms with Crippen LogP contribution in [0.3, 0.4) is 0 Å². The molecule has 56 heavy (non-hydrogen) atoms. The average Bonchev–Trinajstić information content (AvgIpc) is 3.78. The molecule has 4 aliphatic rings. The lowest BCUT2D eigenvalue weighted by molar-refractivity contribution is -0.125. The van der Waals surface area contributed by atoms with Gasteiger partial charge in [0.1, 0.15) is 17.0 Å². The van der Waals surface area contributed by atoms with E-state index in [-0.39, 0.29) is 28.1 Å². The van der Waals surface area contributed by atoms with E-state index in [1.807, 2.05) is 0 Å². The third-order valence-electron chi connectivity index (χ3n) is 11.2. The second kappa shape index (κ2) is 12.4. The molecule has 3 heterocycles. The van der Waals surface area contributed by atoms with Crippen molar-refractivity contribution in [2.75, 3.05) is 9.80 Å². The van der Waals surface area contributed by atoms with Gasteiger partial charge in [0.2, 0.25) is 23.5 Å². The Kier molecular flexibility index (Phi) is 8.11. The van der Waals surface area contributed by atoms with E-state index in [1.54, 1.807) is 42.5 Å². The van der Waals surface area contributed by atoms with Crippen LogP contribution in [-0.2, 0) is 19.2 Å². The summed E-state index contributed by atoms with van der Waals surface area (Å²) < 4.78 is 79.9. The van der Waals surface area contributed by atoms with Crippen LogP contribution in [0.5, 0.6) is 5.75 Å². The molecule has 4 amide bonds. The summed E-state index contributed by atoms with van der Waals surface area (Å²) in [5.74, 6) is -22.1. The van der Waals surface area contributed by atoms with Gasteiger partial charge in [-0.15, -0.1) is 23.2 Å². The number of aromatic nitrogens is 1. The van der Waals surface area contributed by atoms with Gasteiger partial charge < -0.3 is 9.52 Å². The second-order valence-corrected chi connectivity index (χ2v) is 16.1. The zero-order chi connectivity index (χ0) is 39.7. The monoisotopic (exact) mass is 871 g/mol. The standard InChI is InChI=1S/C39H21BrCl2F5N3O6/c40-16-7-12-23(51)20(13-16)26-18-10-11-19-25(35(53)49(34(19)52)17-8-5-15(6-9-17)33-48-22-3-1-2-4-24(22)56-33)21(18)14-38(41)36(54)50(37(55)39(26,38)42)32-30(46)28(44)27(43)29(45)31(32)47/h1-10,12-13,19,21,25-26,51H,11,14H2/t19-,21+,25-,26+,38+,39-/m0/s1. The number of imide groups is 2. The predicted octanol–water partition coefficient (Wildman–Crippen LogP) is 8.43. The van der Waals surface area contributed by atoms with Gasteiger partial charge in [-0.2, -0.15) is 0 Å². The summed E-state index contributed by atoms with van der Waals surface area (Å²) in [5, 5.41) is 11.2. The molecule has 1 N–H and O–H groups in total. The number of carbonyl (C=O) groups excluding carboxylic acids is 4. The number of carbonyl (C=O) groups is 4. The van der Waals surface area contributed by atoms with Gasteiger partial charge in [0.15, 0.2) is 38.6 Å². The van der Waals surface area contributed by atoms with Crippen LogP contribution < -0.4 is 9.80 Å². The molecule has 0 bridgehead atoms. The molecule has 17 heteroatoms. The Morgan fingerprint density at radius 1 is 0.804 bits per heavy atom. The van der Waals surface area contributed by atoms with Gasteiger partial charge in [-0.25, -0.2) is 31.8 Å². The molecule has 0 unspecified atom stereocenters. The van der Waals surface area contributed by atoms with E-state index in [4.69, 9.17) is 27.6 Å². The molecule has 9 nitrogen and oxygen atoms in total. The Morgan fingerprint density at radius 3 is 2.14 bits per heavy atom. The van der Waals surface area contributed by atoms with Gasteiger partial charge >= 0.3 is 0 Å². The molecule has 2 saturated heterocycles. The number of para-hydroxylation sites is 2. The topological polar surface area (TPSA) is 121 Å². The minimum absolute atomic E-state index is 0.0738. The number of benzene rings is 4. The van der Waals surface area contributed by atoms with Crippen LogP contribution in [0.15, 0.2) is 87.3 Å². The normalized spacial score (nSPS) is 27.2. The third-order valence-corrected chi connectivity index (χ3v) is 13.1. The maximum absolute atomic E-state index is 15.3. The second-order valence-electron chi connectivity index (χ2n) is 13.9. The van der Waals surface area contributed by atoms with E-state index in [1.165, 1.54) is 30.3 Å². The SMILES string of the molecule is O=C1[C@H]2[C@H](CC=C3[C@H]2C[C@@]2(Cl)C(=O)N(c4c(F)c(F)c(F)c(F)c4F)C(=O)[C@@]2(Cl)[C@H]3c2cc(Br)ccc2O)C(=O)N1c1ccc(-c2nc3ccccc3o2)cc1. The van der Waals surface area contributed by atoms with Crippen molar-refractivity contribution in [1.82, 2.24) is 4.98 Å². The molecule has 6 atom stereocenters. The van der Waals surface area contributed by atoms with Crippen LogP contribution in [0, 0.1) is 46.8 Å². The molecule has 2 aliphatic heterocycles. The predicted molar refractivity (Wildman–Crippen MR) is 194 cm³/mol. The molecule has 0 spiro atoms. The Morgan fingerprint density at radius 2 is 1.46 bits per heavy atom. The number of allylic oxidation sites excluding steroid dienone is 2. The van der Waals surface area contributed by atoms with Crippen molar-refractivity contribution in [3.05, 3.63) is 118 Å². The zero-order valence-corrected chi connectivity index (χ0v) is 31.1. The Balaban J connectivity index is 1.15. The lowest BCUT2D eigenvalue weighted by Crippen LogP contribution is -2.60. The molecule has 9 rings (SSSR count). The number of phenols is 1. The van der Waals surface area contributed by atoms with E-state index >= 15 is 8.78 Å². The summed E-state index contributed by atoms with van der Waals surface area (Å²) in [5.41, 5.74) is 0.128. The summed E-state index contributed by atoms with van der Waals surface area (Å²) in [6.07, 6.45) is 0.785. The van der Waals surface area contributed by atoms with Crippen LogP contribution >= 0.6 is 39.1 Å². The third kappa shape index (κ3) is 4.73. The van der Waals surface area contributed by atoms with Gasteiger partial charge in [-0.3, -0.25) is 24.1 Å². The number of hydrogen-bond donors (Lipinski definition) is 1. The fourth-order valence-electron chi connectivity index (χ4n) is 8.67. The smallest absolute Gasteiger partial charge is 0.258 e. The molecular weight excluding hydrogens is 852 g/mol. The fourth-order valence-corrected chi connectivity index (χ4v) is 9.98. The number of alkyl halides is 2. The highest BCUT2D eigenvalue weighted by Crippen LogP contribution is 2.67. The molecule has 2 aliphatic carbocycles. The van der Waals surface area contributed by atoms with Crippen molar-refractivity contribution in [2.45, 2.75) is 28.5 Å². The summed E-state index contributed by atoms with van der Waals surface area (Å²) in [7, 11) is 0. The number of amides is 4. The fraction of sp³-hybridized carbons (Fsp3) is 0.205. The van der Waals surface area contributed by atoms with Crippen molar-refractivity contribution in [2.24, 2.45) is 17.8 Å². The zero-order valence-electron chi connectivity index (χ0n) is 28.0. The van der Waals surface area contributed by atoms with Gasteiger partial charge in [0, 0.05) is 21.5 Å². The van der Waals surface area contributed by atoms with Crippen LogP contribution in [0.2, 0.25) is 0 Å². The molecule has 5 aromatic rings. The minimum Gasteiger partial charge on any atom is -0.508 e. The number of fused-ring (bicyclic) bond motifs is 5. The summed E-state index contributed by atoms with van der Waals surface area (Å²) >= 11 is 17.6. The van der Waals surface area contributed by atoms with Crippen LogP contribution in [0.4, 0.5) is 33.3 Å². The van der Waals surface area contributed by atoms with Crippen LogP contribution in [0.1, 0.15) is 24.3 Å². The van der Waals surface area contributed by atoms with Crippen molar-refractivity contribution in [3.63, 3.8) is 0 Å². The lowest BCUT2D eigenvalue weighted by Gasteiger charge is -2.50. The Hall–Kier alpha value is -5.12. The summed E-state index contributed by atoms with van der Waals surface area (Å²) in [6, 6.07) is 17.4. The first-order valence-corrected chi connectivity index (χ1v) is 18.5. The highest BCUT2D eigenvalue weighted by Gasteiger charge is 2.77. The van der Waals surface area contributed by atoms with E-state index in [0.717, 1.165) is 4.90 Å². The number of oxazole rings is 1. The number of aromatic hydroxyl groups is 1. The van der Waals surface area contributed by atoms with Crippen molar-refractivity contribution in [1.29, 1.82) is 0 Å². The lowest BCUT2D eigenvalue weighted by atomic mass is 9.56. The Labute approximate surface area is 330 Å². The highest BCUT2D eigenvalue weighted by atomic mass is 79.9. The average molecular weight is 873 g/mol. The first kappa shape index (κ1) is 36.5. The molecule has 1 saturated carbocycles.